The molecule has 0 radical (unpaired) electrons. The summed E-state index contributed by atoms with van der Waals surface area (Å²) in [6.07, 6.45) is 1.74. The number of aliphatic hydroxyl groups excluding tert-OH is 1. The second kappa shape index (κ2) is 10.1. The maximum Gasteiger partial charge on any atom is 0.310 e. The van der Waals surface area contributed by atoms with Crippen LogP contribution in [0.3, 0.4) is 0 Å². The first kappa shape index (κ1) is 20.2. The predicted octanol–water partition coefficient (Wildman–Crippen LogP) is 3.24. The summed E-state index contributed by atoms with van der Waals surface area (Å²) in [4.78, 5) is 24.3. The lowest BCUT2D eigenvalue weighted by Crippen LogP contribution is -2.30. The number of hydrogen-bond donors (Lipinski definition) is 1. The van der Waals surface area contributed by atoms with Crippen LogP contribution >= 0.6 is 0 Å². The molecule has 1 N–H and O–H groups in total. The van der Waals surface area contributed by atoms with E-state index in [9.17, 15) is 9.59 Å². The van der Waals surface area contributed by atoms with Crippen molar-refractivity contribution in [2.45, 2.75) is 58.7 Å². The van der Waals surface area contributed by atoms with Crippen molar-refractivity contribution in [3.05, 3.63) is 35.9 Å². The minimum absolute atomic E-state index is 0.00677. The van der Waals surface area contributed by atoms with Gasteiger partial charge in [-0.15, -0.1) is 0 Å². The van der Waals surface area contributed by atoms with Crippen molar-refractivity contribution >= 4 is 11.9 Å². The Bertz CT molecular complexity index is 504. The Morgan fingerprint density at radius 2 is 1.79 bits per heavy atom. The number of aliphatic hydroxyl groups is 1. The maximum absolute atomic E-state index is 12.3. The fourth-order valence-corrected chi connectivity index (χ4v) is 2.19. The molecular formula is C19H28O5. The highest BCUT2D eigenvalue weighted by Gasteiger charge is 2.27. The molecule has 0 unspecified atom stereocenters. The number of ether oxygens (including phenoxy) is 2. The molecule has 0 spiro atoms. The lowest BCUT2D eigenvalue weighted by atomic mass is 9.98. The van der Waals surface area contributed by atoms with Crippen molar-refractivity contribution in [1.82, 2.24) is 0 Å². The molecule has 0 aliphatic carbocycles. The van der Waals surface area contributed by atoms with E-state index in [-0.39, 0.29) is 19.6 Å². The van der Waals surface area contributed by atoms with Gasteiger partial charge in [0.1, 0.15) is 12.2 Å². The number of unbranched alkanes of at least 4 members (excludes halogenated alkanes) is 1. The molecule has 0 heterocycles. The van der Waals surface area contributed by atoms with Gasteiger partial charge in [-0.1, -0.05) is 36.8 Å². The second-order valence-corrected chi connectivity index (χ2v) is 6.80. The van der Waals surface area contributed by atoms with Crippen molar-refractivity contribution in [2.75, 3.05) is 6.61 Å². The summed E-state index contributed by atoms with van der Waals surface area (Å²) in [5.74, 6) is -1.35. The van der Waals surface area contributed by atoms with Gasteiger partial charge in [-0.05, 0) is 39.2 Å². The Morgan fingerprint density at radius 3 is 2.38 bits per heavy atom. The summed E-state index contributed by atoms with van der Waals surface area (Å²) >= 11 is 0. The topological polar surface area (TPSA) is 72.8 Å². The molecule has 1 atom stereocenters. The molecule has 0 saturated carbocycles. The summed E-state index contributed by atoms with van der Waals surface area (Å²) in [7, 11) is 0. The largest absolute Gasteiger partial charge is 0.461 e. The highest BCUT2D eigenvalue weighted by molar-refractivity contribution is 5.80. The van der Waals surface area contributed by atoms with Crippen LogP contribution in [0.1, 0.15) is 52.0 Å². The predicted molar refractivity (Wildman–Crippen MR) is 91.1 cm³/mol. The van der Waals surface area contributed by atoms with E-state index in [4.69, 9.17) is 14.6 Å². The Morgan fingerprint density at radius 1 is 1.12 bits per heavy atom. The zero-order chi connectivity index (χ0) is 18.0. The first-order valence-electron chi connectivity index (χ1n) is 8.35. The molecule has 0 aliphatic heterocycles. The van der Waals surface area contributed by atoms with Crippen LogP contribution in [0.5, 0.6) is 0 Å². The van der Waals surface area contributed by atoms with Crippen molar-refractivity contribution < 1.29 is 24.2 Å². The Hall–Kier alpha value is -1.88. The van der Waals surface area contributed by atoms with E-state index >= 15 is 0 Å². The molecule has 0 saturated heterocycles. The Balaban J connectivity index is 2.55. The standard InChI is InChI=1S/C19H28O5/c1-19(2,3)24-18(22)16(11-7-8-12-20)13-17(21)23-14-15-9-5-4-6-10-15/h4-6,9-10,16,20H,7-8,11-14H2,1-3H3/t16-/m1/s1. The Labute approximate surface area is 144 Å². The molecule has 5 heteroatoms. The van der Waals surface area contributed by atoms with Gasteiger partial charge in [-0.3, -0.25) is 9.59 Å². The number of esters is 2. The van der Waals surface area contributed by atoms with Crippen LogP contribution in [0, 0.1) is 5.92 Å². The summed E-state index contributed by atoms with van der Waals surface area (Å²) in [5, 5.41) is 8.89. The quantitative estimate of drug-likeness (QED) is 0.553. The first-order valence-corrected chi connectivity index (χ1v) is 8.35. The zero-order valence-electron chi connectivity index (χ0n) is 14.8. The molecule has 0 bridgehead atoms. The minimum atomic E-state index is -0.597. The fourth-order valence-electron chi connectivity index (χ4n) is 2.19. The summed E-state index contributed by atoms with van der Waals surface area (Å²) in [6, 6.07) is 9.40. The molecule has 134 valence electrons. The van der Waals surface area contributed by atoms with Gasteiger partial charge in [0, 0.05) is 6.61 Å². The van der Waals surface area contributed by atoms with E-state index in [1.807, 2.05) is 30.3 Å². The molecule has 0 fully saturated rings. The summed E-state index contributed by atoms with van der Waals surface area (Å²) in [5.41, 5.74) is 0.306. The molecule has 1 aromatic rings. The summed E-state index contributed by atoms with van der Waals surface area (Å²) < 4.78 is 10.6. The van der Waals surface area contributed by atoms with Crippen LogP contribution in [0.4, 0.5) is 0 Å². The van der Waals surface area contributed by atoms with Gasteiger partial charge in [0.25, 0.3) is 0 Å². The third-order valence-corrected chi connectivity index (χ3v) is 3.36. The van der Waals surface area contributed by atoms with Gasteiger partial charge >= 0.3 is 11.9 Å². The van der Waals surface area contributed by atoms with Crippen LogP contribution in [-0.2, 0) is 25.7 Å². The van der Waals surface area contributed by atoms with Crippen LogP contribution in [0.15, 0.2) is 30.3 Å². The molecule has 0 aromatic heterocycles. The van der Waals surface area contributed by atoms with Crippen molar-refractivity contribution in [1.29, 1.82) is 0 Å². The van der Waals surface area contributed by atoms with Gasteiger partial charge < -0.3 is 14.6 Å². The van der Waals surface area contributed by atoms with Crippen molar-refractivity contribution in [2.24, 2.45) is 5.92 Å². The average Bonchev–Trinajstić information content (AvgIpc) is 2.51. The lowest BCUT2D eigenvalue weighted by molar-refractivity contribution is -0.164. The van der Waals surface area contributed by atoms with E-state index in [2.05, 4.69) is 0 Å². The molecule has 5 nitrogen and oxygen atoms in total. The molecule has 24 heavy (non-hydrogen) atoms. The van der Waals surface area contributed by atoms with E-state index in [0.29, 0.717) is 19.3 Å². The lowest BCUT2D eigenvalue weighted by Gasteiger charge is -2.23. The van der Waals surface area contributed by atoms with Gasteiger partial charge in [0.05, 0.1) is 12.3 Å². The van der Waals surface area contributed by atoms with Crippen LogP contribution < -0.4 is 0 Å². The van der Waals surface area contributed by atoms with Gasteiger partial charge in [0.15, 0.2) is 0 Å². The van der Waals surface area contributed by atoms with Crippen molar-refractivity contribution in [3.63, 3.8) is 0 Å². The smallest absolute Gasteiger partial charge is 0.310 e. The van der Waals surface area contributed by atoms with Gasteiger partial charge in [-0.25, -0.2) is 0 Å². The third kappa shape index (κ3) is 8.67. The molecule has 1 aromatic carbocycles. The third-order valence-electron chi connectivity index (χ3n) is 3.36. The highest BCUT2D eigenvalue weighted by atomic mass is 16.6. The summed E-state index contributed by atoms with van der Waals surface area (Å²) in [6.45, 7) is 5.65. The number of carbonyl (C=O) groups excluding carboxylic acids is 2. The molecule has 1 rings (SSSR count). The molecular weight excluding hydrogens is 308 g/mol. The highest BCUT2D eigenvalue weighted by Crippen LogP contribution is 2.20. The monoisotopic (exact) mass is 336 g/mol. The van der Waals surface area contributed by atoms with Gasteiger partial charge in [0.2, 0.25) is 0 Å². The average molecular weight is 336 g/mol. The van der Waals surface area contributed by atoms with E-state index in [1.54, 1.807) is 20.8 Å². The van der Waals surface area contributed by atoms with E-state index in [1.165, 1.54) is 0 Å². The maximum atomic E-state index is 12.3. The SMILES string of the molecule is CC(C)(C)OC(=O)[C@H](CCCCO)CC(=O)OCc1ccccc1. The Kier molecular flexibility index (Phi) is 8.47. The van der Waals surface area contributed by atoms with E-state index in [0.717, 1.165) is 5.56 Å². The molecule has 0 amide bonds. The van der Waals surface area contributed by atoms with Gasteiger partial charge in [-0.2, -0.15) is 0 Å². The van der Waals surface area contributed by atoms with Crippen molar-refractivity contribution in [3.8, 4) is 0 Å². The van der Waals surface area contributed by atoms with Crippen LogP contribution in [-0.4, -0.2) is 29.3 Å². The van der Waals surface area contributed by atoms with Crippen LogP contribution in [0.25, 0.3) is 0 Å². The molecule has 0 aliphatic rings. The number of rotatable bonds is 9. The zero-order valence-corrected chi connectivity index (χ0v) is 14.8. The number of carbonyl (C=O) groups is 2. The number of benzene rings is 1. The fraction of sp³-hybridized carbons (Fsp3) is 0.579. The van der Waals surface area contributed by atoms with E-state index < -0.39 is 23.5 Å². The van der Waals surface area contributed by atoms with Crippen LogP contribution in [0.2, 0.25) is 0 Å². The minimum Gasteiger partial charge on any atom is -0.461 e. The number of hydrogen-bond acceptors (Lipinski definition) is 5. The normalized spacial score (nSPS) is 12.5. The second-order valence-electron chi connectivity index (χ2n) is 6.80. The first-order chi connectivity index (χ1) is 11.3.